The maximum Gasteiger partial charge on any atom is 0.415 e. The van der Waals surface area contributed by atoms with Crippen molar-refractivity contribution < 1.29 is 28.2 Å². The summed E-state index contributed by atoms with van der Waals surface area (Å²) in [6, 6.07) is 14.2. The second-order valence-corrected chi connectivity index (χ2v) is 11.1. The van der Waals surface area contributed by atoms with Crippen LogP contribution >= 0.6 is 11.6 Å². The Bertz CT molecular complexity index is 1450. The predicted molar refractivity (Wildman–Crippen MR) is 143 cm³/mol. The molecule has 0 unspecified atom stereocenters. The van der Waals surface area contributed by atoms with Gasteiger partial charge in [-0.05, 0) is 77.9 Å². The molecule has 3 fully saturated rings. The number of amides is 1. The second kappa shape index (κ2) is 9.92. The molecule has 0 atom stereocenters. The first-order valence-corrected chi connectivity index (χ1v) is 13.4. The molecule has 6 nitrogen and oxygen atoms in total. The fourth-order valence-corrected chi connectivity index (χ4v) is 6.05. The zero-order valence-electron chi connectivity index (χ0n) is 21.1. The molecule has 1 aliphatic carbocycles. The summed E-state index contributed by atoms with van der Waals surface area (Å²) in [6.07, 6.45) is 3.03. The van der Waals surface area contributed by atoms with Gasteiger partial charge >= 0.3 is 12.1 Å². The van der Waals surface area contributed by atoms with Gasteiger partial charge in [-0.15, -0.1) is 0 Å². The Morgan fingerprint density at radius 3 is 2.38 bits per heavy atom. The number of carbonyl (C=O) groups excluding carboxylic acids is 1. The first-order chi connectivity index (χ1) is 18.7. The normalized spacial score (nSPS) is 18.9. The van der Waals surface area contributed by atoms with Gasteiger partial charge in [0, 0.05) is 48.7 Å². The van der Waals surface area contributed by atoms with E-state index in [2.05, 4.69) is 11.0 Å². The van der Waals surface area contributed by atoms with E-state index < -0.39 is 29.3 Å². The summed E-state index contributed by atoms with van der Waals surface area (Å²) in [4.78, 5) is 27.7. The number of halogens is 3. The topological polar surface area (TPSA) is 70.1 Å². The van der Waals surface area contributed by atoms with Gasteiger partial charge in [0.15, 0.2) is 11.6 Å². The number of carboxylic acid groups (broad SMARTS) is 1. The minimum absolute atomic E-state index is 0.164. The van der Waals surface area contributed by atoms with E-state index in [9.17, 15) is 18.4 Å². The van der Waals surface area contributed by atoms with E-state index >= 15 is 0 Å². The predicted octanol–water partition coefficient (Wildman–Crippen LogP) is 6.85. The molecular formula is C30H27ClF2N2O4. The minimum Gasteiger partial charge on any atom is -0.478 e. The Labute approximate surface area is 229 Å². The highest BCUT2D eigenvalue weighted by Gasteiger charge is 2.47. The largest absolute Gasteiger partial charge is 0.478 e. The summed E-state index contributed by atoms with van der Waals surface area (Å²) in [5.74, 6) is -2.42. The van der Waals surface area contributed by atoms with Crippen molar-refractivity contribution in [1.29, 1.82) is 0 Å². The first kappa shape index (κ1) is 25.8. The zero-order valence-corrected chi connectivity index (χ0v) is 21.9. The third-order valence-electron chi connectivity index (χ3n) is 7.98. The molecule has 0 radical (unpaired) electrons. The number of anilines is 1. The Morgan fingerprint density at radius 2 is 1.74 bits per heavy atom. The molecule has 9 heteroatoms. The zero-order chi connectivity index (χ0) is 27.3. The number of carboxylic acids is 1. The van der Waals surface area contributed by atoms with Gasteiger partial charge in [-0.3, -0.25) is 9.80 Å². The maximum atomic E-state index is 14.0. The van der Waals surface area contributed by atoms with Crippen LogP contribution in [-0.4, -0.2) is 47.3 Å². The molecule has 2 saturated heterocycles. The van der Waals surface area contributed by atoms with Crippen LogP contribution in [0, 0.1) is 11.6 Å². The van der Waals surface area contributed by atoms with Crippen molar-refractivity contribution in [3.63, 3.8) is 0 Å². The van der Waals surface area contributed by atoms with E-state index in [1.165, 1.54) is 18.2 Å². The van der Waals surface area contributed by atoms with Crippen LogP contribution in [0.25, 0.3) is 11.1 Å². The van der Waals surface area contributed by atoms with Crippen LogP contribution in [0.4, 0.5) is 19.3 Å². The number of hydrogen-bond acceptors (Lipinski definition) is 4. The fourth-order valence-electron chi connectivity index (χ4n) is 5.69. The van der Waals surface area contributed by atoms with Gasteiger partial charge in [0.1, 0.15) is 5.60 Å². The van der Waals surface area contributed by atoms with Crippen LogP contribution in [0.5, 0.6) is 0 Å². The van der Waals surface area contributed by atoms with Crippen molar-refractivity contribution in [3.05, 3.63) is 87.9 Å². The molecule has 39 heavy (non-hydrogen) atoms. The lowest BCUT2D eigenvalue weighted by Gasteiger charge is -2.37. The van der Waals surface area contributed by atoms with Gasteiger partial charge in [-0.2, -0.15) is 0 Å². The molecular weight excluding hydrogens is 526 g/mol. The number of aromatic carboxylic acids is 1. The molecule has 1 amide bonds. The summed E-state index contributed by atoms with van der Waals surface area (Å²) in [5.41, 5.74) is 3.70. The molecule has 1 saturated carbocycles. The molecule has 3 aromatic rings. The Morgan fingerprint density at radius 1 is 1.03 bits per heavy atom. The van der Waals surface area contributed by atoms with Gasteiger partial charge in [-0.25, -0.2) is 18.4 Å². The number of benzene rings is 3. The van der Waals surface area contributed by atoms with Crippen molar-refractivity contribution >= 4 is 29.4 Å². The average molecular weight is 553 g/mol. The second-order valence-electron chi connectivity index (χ2n) is 10.7. The summed E-state index contributed by atoms with van der Waals surface area (Å²) >= 11 is 6.74. The highest BCUT2D eigenvalue weighted by molar-refractivity contribution is 6.33. The number of rotatable bonds is 6. The number of ether oxygens (including phenoxy) is 1. The fraction of sp³-hybridized carbons (Fsp3) is 0.333. The van der Waals surface area contributed by atoms with Gasteiger partial charge in [-0.1, -0.05) is 23.7 Å². The van der Waals surface area contributed by atoms with Crippen LogP contribution < -0.4 is 4.90 Å². The molecule has 0 aromatic heterocycles. The monoisotopic (exact) mass is 552 g/mol. The van der Waals surface area contributed by atoms with E-state index in [0.29, 0.717) is 48.1 Å². The van der Waals surface area contributed by atoms with Crippen LogP contribution in [0.15, 0.2) is 54.6 Å². The van der Waals surface area contributed by atoms with E-state index in [-0.39, 0.29) is 5.56 Å². The lowest BCUT2D eigenvalue weighted by Crippen LogP contribution is -2.46. The number of piperidine rings is 1. The van der Waals surface area contributed by atoms with Crippen molar-refractivity contribution in [1.82, 2.24) is 4.90 Å². The lowest BCUT2D eigenvalue weighted by molar-refractivity contribution is -0.000983. The summed E-state index contributed by atoms with van der Waals surface area (Å²) < 4.78 is 33.4. The Balaban J connectivity index is 1.14. The Hall–Kier alpha value is -3.49. The SMILES string of the molecule is O=C(O)c1ccc(N2CC3(CCN(Cc4cc(Cl)c(-c5ccc(F)c(F)c5)c(C5CC5)c4)CC3)OC2=O)cc1. The highest BCUT2D eigenvalue weighted by Crippen LogP contribution is 2.47. The van der Waals surface area contributed by atoms with Gasteiger partial charge in [0.2, 0.25) is 0 Å². The van der Waals surface area contributed by atoms with Gasteiger partial charge < -0.3 is 9.84 Å². The van der Waals surface area contributed by atoms with E-state index in [1.807, 2.05) is 6.07 Å². The van der Waals surface area contributed by atoms with Crippen LogP contribution in [-0.2, 0) is 11.3 Å². The first-order valence-electron chi connectivity index (χ1n) is 13.1. The lowest BCUT2D eigenvalue weighted by atomic mass is 9.90. The molecule has 1 N–H and O–H groups in total. The van der Waals surface area contributed by atoms with E-state index in [1.54, 1.807) is 23.1 Å². The van der Waals surface area contributed by atoms with Gasteiger partial charge in [0.05, 0.1) is 12.1 Å². The molecule has 0 bridgehead atoms. The average Bonchev–Trinajstić information content (AvgIpc) is 3.71. The van der Waals surface area contributed by atoms with Gasteiger partial charge in [0.25, 0.3) is 0 Å². The smallest absolute Gasteiger partial charge is 0.415 e. The van der Waals surface area contributed by atoms with Crippen molar-refractivity contribution in [3.8, 4) is 11.1 Å². The van der Waals surface area contributed by atoms with E-state index in [4.69, 9.17) is 21.4 Å². The van der Waals surface area contributed by atoms with Crippen molar-refractivity contribution in [2.24, 2.45) is 0 Å². The van der Waals surface area contributed by atoms with E-state index in [0.717, 1.165) is 48.7 Å². The number of likely N-dealkylation sites (tertiary alicyclic amines) is 1. The van der Waals surface area contributed by atoms with Crippen molar-refractivity contribution in [2.75, 3.05) is 24.5 Å². The molecule has 2 heterocycles. The highest BCUT2D eigenvalue weighted by atomic mass is 35.5. The number of hydrogen-bond donors (Lipinski definition) is 1. The summed E-state index contributed by atoms with van der Waals surface area (Å²) in [5, 5.41) is 9.65. The molecule has 202 valence electrons. The summed E-state index contributed by atoms with van der Waals surface area (Å²) in [6.45, 7) is 2.58. The molecule has 6 rings (SSSR count). The van der Waals surface area contributed by atoms with Crippen LogP contribution in [0.2, 0.25) is 5.02 Å². The molecule has 2 aliphatic heterocycles. The van der Waals surface area contributed by atoms with Crippen LogP contribution in [0.3, 0.4) is 0 Å². The number of nitrogens with zero attached hydrogens (tertiary/aromatic N) is 2. The maximum absolute atomic E-state index is 14.0. The van der Waals surface area contributed by atoms with Crippen molar-refractivity contribution in [2.45, 2.75) is 43.7 Å². The molecule has 3 aliphatic rings. The van der Waals surface area contributed by atoms with Crippen LogP contribution in [0.1, 0.15) is 53.1 Å². The third kappa shape index (κ3) is 5.11. The Kier molecular flexibility index (Phi) is 6.55. The third-order valence-corrected chi connectivity index (χ3v) is 8.27. The standard InChI is InChI=1S/C30H27ClF2N2O4/c31-24-14-18(13-23(19-1-2-19)27(24)21-5-8-25(32)26(33)15-21)16-34-11-9-30(10-12-34)17-35(29(38)39-30)22-6-3-20(4-7-22)28(36)37/h3-8,13-15,19H,1-2,9-12,16-17H2,(H,36,37). The number of carbonyl (C=O) groups is 2. The molecule has 1 spiro atoms. The summed E-state index contributed by atoms with van der Waals surface area (Å²) in [7, 11) is 0. The quantitative estimate of drug-likeness (QED) is 0.362. The minimum atomic E-state index is -1.01. The molecule has 3 aromatic carbocycles.